The number of hydrogen-bond acceptors (Lipinski definition) is 3. The summed E-state index contributed by atoms with van der Waals surface area (Å²) in [4.78, 5) is 32.5. The van der Waals surface area contributed by atoms with Crippen LogP contribution in [0.1, 0.15) is 59.4 Å². The molecule has 6 nitrogen and oxygen atoms in total. The number of carbonyl (C=O) groups is 2. The second-order valence-electron chi connectivity index (χ2n) is 7.90. The van der Waals surface area contributed by atoms with Crippen LogP contribution in [0.5, 0.6) is 0 Å². The molecule has 0 unspecified atom stereocenters. The fraction of sp³-hybridized carbons (Fsp3) is 0.348. The largest absolute Gasteiger partial charge is 0.350 e. The Morgan fingerprint density at radius 1 is 1.14 bits per heavy atom. The van der Waals surface area contributed by atoms with Gasteiger partial charge in [0.1, 0.15) is 5.82 Å². The SMILES string of the molecule is CC(C)CNC(=O)c1nc([C@H]2CCCN2C(=O)c2ccccc2)n2ccccc12. The summed E-state index contributed by atoms with van der Waals surface area (Å²) in [6, 6.07) is 14.9. The molecule has 3 heterocycles. The van der Waals surface area contributed by atoms with Gasteiger partial charge in [-0.2, -0.15) is 0 Å². The van der Waals surface area contributed by atoms with Crippen LogP contribution < -0.4 is 5.32 Å². The van der Waals surface area contributed by atoms with Crippen LogP contribution in [0.2, 0.25) is 0 Å². The highest BCUT2D eigenvalue weighted by Gasteiger charge is 2.34. The number of benzene rings is 1. The molecule has 3 aromatic rings. The highest BCUT2D eigenvalue weighted by atomic mass is 16.2. The Bertz CT molecular complexity index is 1030. The lowest BCUT2D eigenvalue weighted by Crippen LogP contribution is -2.31. The highest BCUT2D eigenvalue weighted by molar-refractivity contribution is 5.99. The molecule has 0 aliphatic carbocycles. The number of hydrogen-bond donors (Lipinski definition) is 1. The number of fused-ring (bicyclic) bond motifs is 1. The lowest BCUT2D eigenvalue weighted by molar-refractivity contribution is 0.0729. The van der Waals surface area contributed by atoms with Crippen molar-refractivity contribution in [3.8, 4) is 0 Å². The summed E-state index contributed by atoms with van der Waals surface area (Å²) in [6.45, 7) is 5.41. The minimum absolute atomic E-state index is 0.00610. The molecule has 150 valence electrons. The number of amides is 2. The first kappa shape index (κ1) is 19.2. The van der Waals surface area contributed by atoms with Crippen molar-refractivity contribution in [3.05, 3.63) is 71.8 Å². The number of likely N-dealkylation sites (tertiary alicyclic amines) is 1. The van der Waals surface area contributed by atoms with Crippen molar-refractivity contribution in [2.45, 2.75) is 32.7 Å². The average Bonchev–Trinajstić information content (AvgIpc) is 3.37. The van der Waals surface area contributed by atoms with Crippen LogP contribution in [0, 0.1) is 5.92 Å². The van der Waals surface area contributed by atoms with E-state index in [0.717, 1.165) is 24.2 Å². The topological polar surface area (TPSA) is 66.7 Å². The van der Waals surface area contributed by atoms with Gasteiger partial charge >= 0.3 is 0 Å². The second-order valence-corrected chi connectivity index (χ2v) is 7.90. The summed E-state index contributed by atoms with van der Waals surface area (Å²) < 4.78 is 1.95. The van der Waals surface area contributed by atoms with Gasteiger partial charge in [0.15, 0.2) is 5.69 Å². The molecule has 6 heteroatoms. The number of nitrogens with zero attached hydrogens (tertiary/aromatic N) is 3. The lowest BCUT2D eigenvalue weighted by Gasteiger charge is -2.24. The normalized spacial score (nSPS) is 16.5. The number of aromatic nitrogens is 2. The van der Waals surface area contributed by atoms with E-state index in [9.17, 15) is 9.59 Å². The quantitative estimate of drug-likeness (QED) is 0.722. The summed E-state index contributed by atoms with van der Waals surface area (Å²) in [7, 11) is 0. The van der Waals surface area contributed by atoms with Crippen LogP contribution in [-0.4, -0.2) is 39.2 Å². The Kier molecular flexibility index (Phi) is 5.34. The highest BCUT2D eigenvalue weighted by Crippen LogP contribution is 2.33. The first-order valence-corrected chi connectivity index (χ1v) is 10.2. The van der Waals surface area contributed by atoms with Crippen LogP contribution >= 0.6 is 0 Å². The van der Waals surface area contributed by atoms with Crippen LogP contribution in [0.25, 0.3) is 5.52 Å². The van der Waals surface area contributed by atoms with Crippen LogP contribution in [-0.2, 0) is 0 Å². The zero-order chi connectivity index (χ0) is 20.4. The maximum atomic E-state index is 13.1. The Balaban J connectivity index is 1.70. The molecule has 1 aromatic carbocycles. The van der Waals surface area contributed by atoms with E-state index in [1.807, 2.05) is 64.0 Å². The first-order chi connectivity index (χ1) is 14.1. The number of carbonyl (C=O) groups excluding carboxylic acids is 2. The first-order valence-electron chi connectivity index (χ1n) is 10.2. The molecule has 1 saturated heterocycles. The Hall–Kier alpha value is -3.15. The second kappa shape index (κ2) is 8.07. The number of pyridine rings is 1. The Morgan fingerprint density at radius 2 is 1.90 bits per heavy atom. The van der Waals surface area contributed by atoms with E-state index in [4.69, 9.17) is 4.98 Å². The molecular weight excluding hydrogens is 364 g/mol. The molecule has 29 heavy (non-hydrogen) atoms. The molecule has 1 aliphatic rings. The van der Waals surface area contributed by atoms with Crippen molar-refractivity contribution in [1.82, 2.24) is 19.6 Å². The molecule has 4 rings (SSSR count). The summed E-state index contributed by atoms with van der Waals surface area (Å²) in [5, 5.41) is 2.96. The minimum atomic E-state index is -0.174. The van der Waals surface area contributed by atoms with E-state index in [0.29, 0.717) is 30.3 Å². The Morgan fingerprint density at radius 3 is 2.66 bits per heavy atom. The van der Waals surface area contributed by atoms with E-state index in [1.165, 1.54) is 0 Å². The third-order valence-electron chi connectivity index (χ3n) is 5.29. The van der Waals surface area contributed by atoms with Gasteiger partial charge in [0.05, 0.1) is 11.6 Å². The standard InChI is InChI=1S/C23H26N4O2/c1-16(2)15-24-22(28)20-18-11-6-7-13-26(18)21(25-20)19-12-8-14-27(19)23(29)17-9-4-3-5-10-17/h3-7,9-11,13,16,19H,8,12,14-15H2,1-2H3,(H,24,28)/t19-/m1/s1. The smallest absolute Gasteiger partial charge is 0.272 e. The van der Waals surface area contributed by atoms with Crippen molar-refractivity contribution < 1.29 is 9.59 Å². The van der Waals surface area contributed by atoms with E-state index >= 15 is 0 Å². The van der Waals surface area contributed by atoms with Gasteiger partial charge in [0.2, 0.25) is 0 Å². The van der Waals surface area contributed by atoms with Crippen LogP contribution in [0.15, 0.2) is 54.7 Å². The molecule has 1 N–H and O–H groups in total. The summed E-state index contributed by atoms with van der Waals surface area (Å²) >= 11 is 0. The molecule has 0 saturated carbocycles. The van der Waals surface area contributed by atoms with Crippen molar-refractivity contribution in [3.63, 3.8) is 0 Å². The summed E-state index contributed by atoms with van der Waals surface area (Å²) in [6.07, 6.45) is 3.67. The third kappa shape index (κ3) is 3.75. The van der Waals surface area contributed by atoms with E-state index < -0.39 is 0 Å². The predicted molar refractivity (Wildman–Crippen MR) is 112 cm³/mol. The van der Waals surface area contributed by atoms with E-state index in [-0.39, 0.29) is 17.9 Å². The van der Waals surface area contributed by atoms with E-state index in [2.05, 4.69) is 19.2 Å². The van der Waals surface area contributed by atoms with Gasteiger partial charge in [0.25, 0.3) is 11.8 Å². The number of nitrogens with one attached hydrogen (secondary N) is 1. The zero-order valence-corrected chi connectivity index (χ0v) is 16.8. The minimum Gasteiger partial charge on any atom is -0.350 e. The molecule has 1 aliphatic heterocycles. The molecule has 0 radical (unpaired) electrons. The molecular formula is C23H26N4O2. The predicted octanol–water partition coefficient (Wildman–Crippen LogP) is 3.70. The van der Waals surface area contributed by atoms with Gasteiger partial charge in [-0.25, -0.2) is 4.98 Å². The van der Waals surface area contributed by atoms with Gasteiger partial charge in [-0.15, -0.1) is 0 Å². The number of imidazole rings is 1. The molecule has 0 spiro atoms. The van der Waals surface area contributed by atoms with Crippen molar-refractivity contribution in [1.29, 1.82) is 0 Å². The molecule has 2 aromatic heterocycles. The summed E-state index contributed by atoms with van der Waals surface area (Å²) in [5.74, 6) is 0.942. The fourth-order valence-corrected chi connectivity index (χ4v) is 3.87. The monoisotopic (exact) mass is 390 g/mol. The average molecular weight is 390 g/mol. The summed E-state index contributed by atoms with van der Waals surface area (Å²) in [5.41, 5.74) is 1.86. The third-order valence-corrected chi connectivity index (χ3v) is 5.29. The van der Waals surface area contributed by atoms with Crippen molar-refractivity contribution >= 4 is 17.3 Å². The van der Waals surface area contributed by atoms with Gasteiger partial charge in [0, 0.05) is 24.8 Å². The Labute approximate surface area is 170 Å². The van der Waals surface area contributed by atoms with Gasteiger partial charge in [-0.3, -0.25) is 9.59 Å². The van der Waals surface area contributed by atoms with Crippen molar-refractivity contribution in [2.75, 3.05) is 13.1 Å². The van der Waals surface area contributed by atoms with Crippen LogP contribution in [0.3, 0.4) is 0 Å². The van der Waals surface area contributed by atoms with Gasteiger partial charge in [-0.05, 0) is 43.0 Å². The van der Waals surface area contributed by atoms with Gasteiger partial charge in [-0.1, -0.05) is 38.1 Å². The van der Waals surface area contributed by atoms with Crippen molar-refractivity contribution in [2.24, 2.45) is 5.92 Å². The molecule has 2 amide bonds. The zero-order valence-electron chi connectivity index (χ0n) is 16.8. The maximum Gasteiger partial charge on any atom is 0.272 e. The fourth-order valence-electron chi connectivity index (χ4n) is 3.87. The molecule has 0 bridgehead atoms. The molecule has 1 fully saturated rings. The lowest BCUT2D eigenvalue weighted by atomic mass is 10.1. The van der Waals surface area contributed by atoms with Gasteiger partial charge < -0.3 is 14.6 Å². The van der Waals surface area contributed by atoms with E-state index in [1.54, 1.807) is 0 Å². The molecule has 1 atom stereocenters. The number of rotatable bonds is 5. The van der Waals surface area contributed by atoms with Crippen LogP contribution in [0.4, 0.5) is 0 Å². The maximum absolute atomic E-state index is 13.1.